The van der Waals surface area contributed by atoms with Crippen LogP contribution in [0, 0.1) is 0 Å². The zero-order valence-electron chi connectivity index (χ0n) is 11.6. The second-order valence-electron chi connectivity index (χ2n) is 5.18. The lowest BCUT2D eigenvalue weighted by atomic mass is 9.99. The van der Waals surface area contributed by atoms with Crippen LogP contribution < -0.4 is 9.64 Å². The van der Waals surface area contributed by atoms with Crippen LogP contribution in [0.1, 0.15) is 17.9 Å². The maximum Gasteiger partial charge on any atom is 0.119 e. The van der Waals surface area contributed by atoms with Crippen LogP contribution in [0.2, 0.25) is 0 Å². The van der Waals surface area contributed by atoms with E-state index in [1.165, 1.54) is 17.7 Å². The van der Waals surface area contributed by atoms with Crippen LogP contribution in [0.15, 0.2) is 53.0 Å². The minimum atomic E-state index is 0.620. The van der Waals surface area contributed by atoms with Gasteiger partial charge in [0.1, 0.15) is 5.75 Å². The molecule has 3 heteroatoms. The first kappa shape index (κ1) is 13.5. The fourth-order valence-electron chi connectivity index (χ4n) is 2.82. The summed E-state index contributed by atoms with van der Waals surface area (Å²) < 4.78 is 6.38. The standard InChI is InChI=1S/C17H18BrNO/c1-20-17-7-5-16(6-8-17)19-10-9-14(12-19)13-3-2-4-15(18)11-13/h2-8,11,14H,9-10,12H2,1H3. The van der Waals surface area contributed by atoms with E-state index in [2.05, 4.69) is 57.2 Å². The Hall–Kier alpha value is -1.48. The SMILES string of the molecule is COc1ccc(N2CCC(c3cccc(Br)c3)C2)cc1. The summed E-state index contributed by atoms with van der Waals surface area (Å²) >= 11 is 3.56. The molecule has 3 rings (SSSR count). The number of halogens is 1. The van der Waals surface area contributed by atoms with E-state index in [1.807, 2.05) is 12.1 Å². The summed E-state index contributed by atoms with van der Waals surface area (Å²) in [7, 11) is 1.70. The maximum atomic E-state index is 5.21. The number of rotatable bonds is 3. The van der Waals surface area contributed by atoms with Crippen molar-refractivity contribution >= 4 is 21.6 Å². The summed E-state index contributed by atoms with van der Waals surface area (Å²) in [6, 6.07) is 17.0. The van der Waals surface area contributed by atoms with Crippen LogP contribution in [0.25, 0.3) is 0 Å². The van der Waals surface area contributed by atoms with Crippen LogP contribution in [0.4, 0.5) is 5.69 Å². The summed E-state index contributed by atoms with van der Waals surface area (Å²) in [5, 5.41) is 0. The first-order chi connectivity index (χ1) is 9.76. The fraction of sp³-hybridized carbons (Fsp3) is 0.294. The van der Waals surface area contributed by atoms with E-state index < -0.39 is 0 Å². The maximum absolute atomic E-state index is 5.21. The topological polar surface area (TPSA) is 12.5 Å². The van der Waals surface area contributed by atoms with Crippen molar-refractivity contribution in [2.45, 2.75) is 12.3 Å². The Labute approximate surface area is 128 Å². The largest absolute Gasteiger partial charge is 0.497 e. The highest BCUT2D eigenvalue weighted by atomic mass is 79.9. The lowest BCUT2D eigenvalue weighted by molar-refractivity contribution is 0.415. The Morgan fingerprint density at radius 3 is 2.65 bits per heavy atom. The Bertz CT molecular complexity index is 582. The van der Waals surface area contributed by atoms with Gasteiger partial charge in [0.25, 0.3) is 0 Å². The molecule has 2 nitrogen and oxygen atoms in total. The van der Waals surface area contributed by atoms with Crippen molar-refractivity contribution in [3.63, 3.8) is 0 Å². The summed E-state index contributed by atoms with van der Waals surface area (Å²) in [5.74, 6) is 1.53. The van der Waals surface area contributed by atoms with Crippen molar-refractivity contribution in [2.24, 2.45) is 0 Å². The molecule has 1 aliphatic heterocycles. The molecule has 2 aromatic rings. The van der Waals surface area contributed by atoms with Crippen LogP contribution >= 0.6 is 15.9 Å². The second kappa shape index (κ2) is 5.88. The fourth-order valence-corrected chi connectivity index (χ4v) is 3.24. The van der Waals surface area contributed by atoms with Gasteiger partial charge in [0.15, 0.2) is 0 Å². The number of nitrogens with zero attached hydrogens (tertiary/aromatic N) is 1. The molecule has 1 atom stereocenters. The number of methoxy groups -OCH3 is 1. The molecule has 0 bridgehead atoms. The molecule has 1 aliphatic rings. The molecule has 20 heavy (non-hydrogen) atoms. The normalized spacial score (nSPS) is 18.3. The Morgan fingerprint density at radius 2 is 1.95 bits per heavy atom. The van der Waals surface area contributed by atoms with Crippen LogP contribution in [0.3, 0.4) is 0 Å². The molecule has 0 spiro atoms. The molecule has 104 valence electrons. The predicted octanol–water partition coefficient (Wildman–Crippen LogP) is 4.45. The van der Waals surface area contributed by atoms with Crippen molar-refractivity contribution in [1.29, 1.82) is 0 Å². The van der Waals surface area contributed by atoms with Crippen LogP contribution in [0.5, 0.6) is 5.75 Å². The zero-order chi connectivity index (χ0) is 13.9. The van der Waals surface area contributed by atoms with Gasteiger partial charge in [-0.2, -0.15) is 0 Å². The van der Waals surface area contributed by atoms with E-state index in [-0.39, 0.29) is 0 Å². The Kier molecular flexibility index (Phi) is 3.97. The smallest absolute Gasteiger partial charge is 0.119 e. The molecular formula is C17H18BrNO. The molecule has 0 amide bonds. The molecule has 1 heterocycles. The van der Waals surface area contributed by atoms with Crippen molar-refractivity contribution < 1.29 is 4.74 Å². The van der Waals surface area contributed by atoms with E-state index in [0.29, 0.717) is 5.92 Å². The third-order valence-electron chi connectivity index (χ3n) is 3.95. The second-order valence-corrected chi connectivity index (χ2v) is 6.10. The average Bonchev–Trinajstić information content (AvgIpc) is 2.97. The molecule has 1 fully saturated rings. The van der Waals surface area contributed by atoms with E-state index in [0.717, 1.165) is 23.3 Å². The molecule has 0 N–H and O–H groups in total. The van der Waals surface area contributed by atoms with Gasteiger partial charge in [0.05, 0.1) is 7.11 Å². The summed E-state index contributed by atoms with van der Waals surface area (Å²) in [6.45, 7) is 2.20. The van der Waals surface area contributed by atoms with E-state index in [1.54, 1.807) is 7.11 Å². The van der Waals surface area contributed by atoms with Crippen LogP contribution in [-0.4, -0.2) is 20.2 Å². The molecule has 1 unspecified atom stereocenters. The molecular weight excluding hydrogens is 314 g/mol. The van der Waals surface area contributed by atoms with Crippen molar-refractivity contribution in [2.75, 3.05) is 25.1 Å². The number of ether oxygens (including phenoxy) is 1. The van der Waals surface area contributed by atoms with E-state index in [4.69, 9.17) is 4.74 Å². The summed E-state index contributed by atoms with van der Waals surface area (Å²) in [5.41, 5.74) is 2.71. The minimum absolute atomic E-state index is 0.620. The molecule has 0 aliphatic carbocycles. The quantitative estimate of drug-likeness (QED) is 0.823. The minimum Gasteiger partial charge on any atom is -0.497 e. The van der Waals surface area contributed by atoms with Gasteiger partial charge in [-0.3, -0.25) is 0 Å². The highest BCUT2D eigenvalue weighted by molar-refractivity contribution is 9.10. The zero-order valence-corrected chi connectivity index (χ0v) is 13.1. The Morgan fingerprint density at radius 1 is 1.15 bits per heavy atom. The van der Waals surface area contributed by atoms with Gasteiger partial charge in [0.2, 0.25) is 0 Å². The van der Waals surface area contributed by atoms with Gasteiger partial charge in [0, 0.05) is 29.2 Å². The first-order valence-corrected chi connectivity index (χ1v) is 7.70. The third-order valence-corrected chi connectivity index (χ3v) is 4.44. The number of benzene rings is 2. The van der Waals surface area contributed by atoms with Crippen molar-refractivity contribution in [3.8, 4) is 5.75 Å². The third kappa shape index (κ3) is 2.83. The van der Waals surface area contributed by atoms with Crippen molar-refractivity contribution in [3.05, 3.63) is 58.6 Å². The van der Waals surface area contributed by atoms with Gasteiger partial charge in [-0.1, -0.05) is 28.1 Å². The van der Waals surface area contributed by atoms with Gasteiger partial charge in [-0.15, -0.1) is 0 Å². The molecule has 0 aromatic heterocycles. The number of anilines is 1. The molecule has 1 saturated heterocycles. The predicted molar refractivity (Wildman–Crippen MR) is 86.7 cm³/mol. The van der Waals surface area contributed by atoms with Gasteiger partial charge < -0.3 is 9.64 Å². The number of hydrogen-bond acceptors (Lipinski definition) is 2. The molecule has 2 aromatic carbocycles. The average molecular weight is 332 g/mol. The monoisotopic (exact) mass is 331 g/mol. The van der Waals surface area contributed by atoms with Gasteiger partial charge >= 0.3 is 0 Å². The Balaban J connectivity index is 1.72. The summed E-state index contributed by atoms with van der Waals surface area (Å²) in [6.07, 6.45) is 1.21. The highest BCUT2D eigenvalue weighted by Crippen LogP contribution is 2.32. The van der Waals surface area contributed by atoms with E-state index >= 15 is 0 Å². The van der Waals surface area contributed by atoms with Gasteiger partial charge in [-0.25, -0.2) is 0 Å². The van der Waals surface area contributed by atoms with E-state index in [9.17, 15) is 0 Å². The molecule has 0 radical (unpaired) electrons. The van der Waals surface area contributed by atoms with Crippen LogP contribution in [-0.2, 0) is 0 Å². The molecule has 0 saturated carbocycles. The highest BCUT2D eigenvalue weighted by Gasteiger charge is 2.24. The number of hydrogen-bond donors (Lipinski definition) is 0. The lowest BCUT2D eigenvalue weighted by Gasteiger charge is -2.19. The van der Waals surface area contributed by atoms with Gasteiger partial charge in [-0.05, 0) is 48.4 Å². The van der Waals surface area contributed by atoms with Crippen molar-refractivity contribution in [1.82, 2.24) is 0 Å². The lowest BCUT2D eigenvalue weighted by Crippen LogP contribution is -2.18. The first-order valence-electron chi connectivity index (χ1n) is 6.91. The summed E-state index contributed by atoms with van der Waals surface area (Å²) in [4.78, 5) is 2.45.